The Hall–Kier alpha value is -2.75. The third-order valence-corrected chi connectivity index (χ3v) is 8.97. The second-order valence-corrected chi connectivity index (χ2v) is 11.4. The first-order valence-corrected chi connectivity index (χ1v) is 13.6. The molecule has 1 atom stereocenters. The van der Waals surface area contributed by atoms with Gasteiger partial charge in [-0.25, -0.2) is 8.42 Å². The average Bonchev–Trinajstić information content (AvgIpc) is 3.33. The molecule has 2 aliphatic heterocycles. The van der Waals surface area contributed by atoms with Gasteiger partial charge in [-0.05, 0) is 62.9 Å². The van der Waals surface area contributed by atoms with E-state index in [2.05, 4.69) is 5.32 Å². The molecule has 188 valence electrons. The molecule has 2 aliphatic rings. The minimum Gasteiger partial charge on any atom is -0.339 e. The summed E-state index contributed by atoms with van der Waals surface area (Å²) in [5.41, 5.74) is 3.98. The molecule has 2 aromatic carbocycles. The number of carbonyl (C=O) groups excluding carboxylic acids is 2. The Kier molecular flexibility index (Phi) is 7.59. The van der Waals surface area contributed by atoms with Gasteiger partial charge >= 0.3 is 0 Å². The van der Waals surface area contributed by atoms with Crippen molar-refractivity contribution < 1.29 is 18.0 Å². The van der Waals surface area contributed by atoms with Gasteiger partial charge in [0.25, 0.3) is 0 Å². The van der Waals surface area contributed by atoms with Crippen LogP contribution in [0.2, 0.25) is 0 Å². The fourth-order valence-electron chi connectivity index (χ4n) is 4.74. The summed E-state index contributed by atoms with van der Waals surface area (Å²) in [5, 5.41) is 2.98. The Labute approximate surface area is 207 Å². The van der Waals surface area contributed by atoms with E-state index in [1.54, 1.807) is 29.2 Å². The van der Waals surface area contributed by atoms with E-state index in [9.17, 15) is 18.0 Å². The van der Waals surface area contributed by atoms with Crippen molar-refractivity contribution in [1.82, 2.24) is 14.1 Å². The van der Waals surface area contributed by atoms with Crippen LogP contribution in [0.25, 0.3) is 0 Å². The van der Waals surface area contributed by atoms with Crippen LogP contribution in [0.1, 0.15) is 29.5 Å². The Morgan fingerprint density at radius 3 is 2.31 bits per heavy atom. The topological polar surface area (TPSA) is 90.0 Å². The van der Waals surface area contributed by atoms with Gasteiger partial charge in [0.05, 0.1) is 11.4 Å². The Bertz CT molecular complexity index is 1190. The Balaban J connectivity index is 1.33. The summed E-state index contributed by atoms with van der Waals surface area (Å²) < 4.78 is 27.8. The smallest absolute Gasteiger partial charge is 0.243 e. The third-order valence-electron chi connectivity index (χ3n) is 7.05. The second-order valence-electron chi connectivity index (χ2n) is 9.48. The molecule has 2 fully saturated rings. The van der Waals surface area contributed by atoms with Crippen molar-refractivity contribution >= 4 is 27.5 Å². The summed E-state index contributed by atoms with van der Waals surface area (Å²) in [6.45, 7) is 8.62. The predicted octanol–water partition coefficient (Wildman–Crippen LogP) is 2.55. The first kappa shape index (κ1) is 25.3. The van der Waals surface area contributed by atoms with E-state index in [4.69, 9.17) is 0 Å². The van der Waals surface area contributed by atoms with Gasteiger partial charge in [0.1, 0.15) is 6.04 Å². The van der Waals surface area contributed by atoms with Crippen molar-refractivity contribution in [2.45, 2.75) is 44.6 Å². The van der Waals surface area contributed by atoms with E-state index in [-0.39, 0.29) is 23.3 Å². The maximum Gasteiger partial charge on any atom is 0.243 e. The van der Waals surface area contributed by atoms with Crippen LogP contribution in [0.15, 0.2) is 47.4 Å². The first-order chi connectivity index (χ1) is 16.7. The van der Waals surface area contributed by atoms with Crippen molar-refractivity contribution in [2.24, 2.45) is 0 Å². The number of carbonyl (C=O) groups is 2. The number of nitrogens with one attached hydrogen (secondary N) is 1. The molecule has 0 unspecified atom stereocenters. The summed E-state index contributed by atoms with van der Waals surface area (Å²) in [7, 11) is -3.73. The molecule has 1 N–H and O–H groups in total. The van der Waals surface area contributed by atoms with Gasteiger partial charge in [-0.2, -0.15) is 4.31 Å². The zero-order chi connectivity index (χ0) is 25.2. The molecule has 0 aliphatic carbocycles. The molecule has 4 rings (SSSR count). The van der Waals surface area contributed by atoms with Gasteiger partial charge in [0, 0.05) is 38.4 Å². The second kappa shape index (κ2) is 10.5. The third kappa shape index (κ3) is 5.58. The molecule has 0 bridgehead atoms. The highest BCUT2D eigenvalue weighted by molar-refractivity contribution is 7.89. The van der Waals surface area contributed by atoms with Crippen LogP contribution >= 0.6 is 0 Å². The van der Waals surface area contributed by atoms with E-state index >= 15 is 0 Å². The number of hydrogen-bond donors (Lipinski definition) is 1. The highest BCUT2D eigenvalue weighted by Gasteiger charge is 2.41. The van der Waals surface area contributed by atoms with E-state index in [1.807, 2.05) is 43.9 Å². The van der Waals surface area contributed by atoms with E-state index in [0.717, 1.165) is 22.4 Å². The zero-order valence-corrected chi connectivity index (χ0v) is 21.5. The van der Waals surface area contributed by atoms with Crippen molar-refractivity contribution in [3.63, 3.8) is 0 Å². The molecule has 2 heterocycles. The van der Waals surface area contributed by atoms with Gasteiger partial charge in [0.15, 0.2) is 0 Å². The average molecular weight is 499 g/mol. The summed E-state index contributed by atoms with van der Waals surface area (Å²) in [5.74, 6) is -0.220. The van der Waals surface area contributed by atoms with Crippen LogP contribution in [0.5, 0.6) is 0 Å². The lowest BCUT2D eigenvalue weighted by molar-refractivity contribution is -0.136. The number of amides is 2. The number of anilines is 1. The molecule has 2 aromatic rings. The normalized spacial score (nSPS) is 19.6. The molecular weight excluding hydrogens is 464 g/mol. The van der Waals surface area contributed by atoms with Crippen molar-refractivity contribution in [3.8, 4) is 0 Å². The lowest BCUT2D eigenvalue weighted by atomic mass is 10.1. The molecule has 0 radical (unpaired) electrons. The predicted molar refractivity (Wildman–Crippen MR) is 136 cm³/mol. The van der Waals surface area contributed by atoms with Gasteiger partial charge in [-0.1, -0.05) is 29.8 Å². The monoisotopic (exact) mass is 498 g/mol. The van der Waals surface area contributed by atoms with Gasteiger partial charge in [-0.3, -0.25) is 14.5 Å². The van der Waals surface area contributed by atoms with Gasteiger partial charge in [0.2, 0.25) is 21.8 Å². The SMILES string of the molecule is Cc1ccc(S(=O)(=O)N2CCC[C@H]2C(=O)N2CCN(CC(=O)Nc3cccc(C)c3C)CC2)cc1. The minimum absolute atomic E-state index is 0.0790. The quantitative estimate of drug-likeness (QED) is 0.661. The molecule has 9 heteroatoms. The molecule has 0 spiro atoms. The molecular formula is C26H34N4O4S. The maximum atomic E-state index is 13.3. The van der Waals surface area contributed by atoms with Crippen molar-refractivity contribution in [3.05, 3.63) is 59.2 Å². The van der Waals surface area contributed by atoms with E-state index in [0.29, 0.717) is 45.6 Å². The zero-order valence-electron chi connectivity index (χ0n) is 20.7. The molecule has 35 heavy (non-hydrogen) atoms. The Morgan fingerprint density at radius 2 is 1.63 bits per heavy atom. The van der Waals surface area contributed by atoms with Crippen LogP contribution in [0.4, 0.5) is 5.69 Å². The highest BCUT2D eigenvalue weighted by Crippen LogP contribution is 2.28. The first-order valence-electron chi connectivity index (χ1n) is 12.1. The van der Waals surface area contributed by atoms with Gasteiger partial charge < -0.3 is 10.2 Å². The fraction of sp³-hybridized carbons (Fsp3) is 0.462. The number of nitrogens with zero attached hydrogens (tertiary/aromatic N) is 3. The maximum absolute atomic E-state index is 13.3. The number of sulfonamides is 1. The van der Waals surface area contributed by atoms with Crippen LogP contribution in [-0.2, 0) is 19.6 Å². The molecule has 8 nitrogen and oxygen atoms in total. The number of rotatable bonds is 6. The molecule has 2 saturated heterocycles. The van der Waals surface area contributed by atoms with Crippen molar-refractivity contribution in [2.75, 3.05) is 44.6 Å². The fourth-order valence-corrected chi connectivity index (χ4v) is 6.39. The highest BCUT2D eigenvalue weighted by atomic mass is 32.2. The number of hydrogen-bond acceptors (Lipinski definition) is 5. The van der Waals surface area contributed by atoms with Gasteiger partial charge in [-0.15, -0.1) is 0 Å². The summed E-state index contributed by atoms with van der Waals surface area (Å²) in [6, 6.07) is 11.9. The lowest BCUT2D eigenvalue weighted by Gasteiger charge is -2.36. The Morgan fingerprint density at radius 1 is 0.943 bits per heavy atom. The summed E-state index contributed by atoms with van der Waals surface area (Å²) >= 11 is 0. The summed E-state index contributed by atoms with van der Waals surface area (Å²) in [6.07, 6.45) is 1.20. The van der Waals surface area contributed by atoms with Crippen LogP contribution in [-0.4, -0.2) is 79.6 Å². The van der Waals surface area contributed by atoms with Crippen LogP contribution in [0.3, 0.4) is 0 Å². The number of benzene rings is 2. The largest absolute Gasteiger partial charge is 0.339 e. The van der Waals surface area contributed by atoms with E-state index < -0.39 is 16.1 Å². The van der Waals surface area contributed by atoms with Crippen LogP contribution < -0.4 is 5.32 Å². The number of piperazine rings is 1. The lowest BCUT2D eigenvalue weighted by Crippen LogP contribution is -2.55. The van der Waals surface area contributed by atoms with Crippen LogP contribution in [0, 0.1) is 20.8 Å². The molecule has 2 amide bonds. The molecule has 0 saturated carbocycles. The minimum atomic E-state index is -3.73. The van der Waals surface area contributed by atoms with E-state index in [1.165, 1.54) is 4.31 Å². The summed E-state index contributed by atoms with van der Waals surface area (Å²) in [4.78, 5) is 29.9. The number of aryl methyl sites for hydroxylation is 2. The molecule has 0 aromatic heterocycles. The van der Waals surface area contributed by atoms with Crippen molar-refractivity contribution in [1.29, 1.82) is 0 Å². The standard InChI is InChI=1S/C26H34N4O4S/c1-19-9-11-22(12-10-19)35(33,34)30-13-5-8-24(30)26(32)29-16-14-28(15-17-29)18-25(31)27-23-7-4-6-20(2)21(23)3/h4,6-7,9-12,24H,5,8,13-18H2,1-3H3,(H,27,31)/t24-/m0/s1.